The third-order valence-corrected chi connectivity index (χ3v) is 4.41. The summed E-state index contributed by atoms with van der Waals surface area (Å²) in [6, 6.07) is 3.68. The lowest BCUT2D eigenvalue weighted by Gasteiger charge is -2.17. The fourth-order valence-electron chi connectivity index (χ4n) is 1.94. The van der Waals surface area contributed by atoms with Gasteiger partial charge in [-0.1, -0.05) is 11.8 Å². The first-order valence-corrected chi connectivity index (χ1v) is 7.40. The third kappa shape index (κ3) is 3.11. The van der Waals surface area contributed by atoms with E-state index < -0.39 is 0 Å². The lowest BCUT2D eigenvalue weighted by Crippen LogP contribution is -2.25. The molecule has 0 bridgehead atoms. The van der Waals surface area contributed by atoms with Crippen molar-refractivity contribution in [1.82, 2.24) is 4.98 Å². The van der Waals surface area contributed by atoms with E-state index in [0.29, 0.717) is 23.3 Å². The van der Waals surface area contributed by atoms with E-state index >= 15 is 0 Å². The molecule has 4 nitrogen and oxygen atoms in total. The van der Waals surface area contributed by atoms with Crippen LogP contribution in [0.2, 0.25) is 0 Å². The Bertz CT molecular complexity index is 481. The summed E-state index contributed by atoms with van der Waals surface area (Å²) in [5.41, 5.74) is 0.804. The molecule has 6 heteroatoms. The number of carbonyl (C=O) groups is 2. The highest BCUT2D eigenvalue weighted by Gasteiger charge is 2.31. The lowest BCUT2D eigenvalue weighted by molar-refractivity contribution is -0.117. The zero-order valence-electron chi connectivity index (χ0n) is 9.93. The average Bonchev–Trinajstić information content (AvgIpc) is 2.69. The maximum Gasteiger partial charge on any atom is 0.227 e. The van der Waals surface area contributed by atoms with E-state index in [4.69, 9.17) is 0 Å². The molecule has 1 aliphatic heterocycles. The number of aromatic nitrogens is 1. The first-order valence-electron chi connectivity index (χ1n) is 5.62. The van der Waals surface area contributed by atoms with E-state index in [2.05, 4.69) is 20.9 Å². The maximum atomic E-state index is 12.0. The van der Waals surface area contributed by atoms with Gasteiger partial charge in [-0.05, 0) is 34.0 Å². The second kappa shape index (κ2) is 5.84. The van der Waals surface area contributed by atoms with E-state index in [1.54, 1.807) is 18.0 Å². The van der Waals surface area contributed by atoms with Crippen LogP contribution in [0.1, 0.15) is 13.3 Å². The standard InChI is InChI=1S/C12H13BrN2O2S/c1-8(16)18-7-9-5-11(17)15(6-9)10-3-2-4-14-12(10)13/h2-4,9H,5-7H2,1H3. The summed E-state index contributed by atoms with van der Waals surface area (Å²) in [5.74, 6) is 1.03. The van der Waals surface area contributed by atoms with Crippen molar-refractivity contribution in [3.63, 3.8) is 0 Å². The highest BCUT2D eigenvalue weighted by molar-refractivity contribution is 9.10. The molecule has 2 heterocycles. The van der Waals surface area contributed by atoms with Gasteiger partial charge in [-0.3, -0.25) is 9.59 Å². The van der Waals surface area contributed by atoms with Crippen LogP contribution in [-0.2, 0) is 9.59 Å². The van der Waals surface area contributed by atoms with Crippen LogP contribution in [-0.4, -0.2) is 28.3 Å². The molecule has 0 spiro atoms. The van der Waals surface area contributed by atoms with Gasteiger partial charge < -0.3 is 4.90 Å². The zero-order chi connectivity index (χ0) is 13.1. The molecule has 0 aromatic carbocycles. The monoisotopic (exact) mass is 328 g/mol. The Kier molecular flexibility index (Phi) is 4.40. The van der Waals surface area contributed by atoms with Gasteiger partial charge in [0.2, 0.25) is 5.91 Å². The van der Waals surface area contributed by atoms with Gasteiger partial charge in [0.25, 0.3) is 0 Å². The number of halogens is 1. The fourth-order valence-corrected chi connectivity index (χ4v) is 3.10. The van der Waals surface area contributed by atoms with E-state index in [0.717, 1.165) is 5.69 Å². The Morgan fingerprint density at radius 2 is 2.44 bits per heavy atom. The number of nitrogens with zero attached hydrogens (tertiary/aromatic N) is 2. The van der Waals surface area contributed by atoms with Crippen LogP contribution in [0, 0.1) is 5.92 Å². The molecule has 0 saturated carbocycles. The Morgan fingerprint density at radius 1 is 1.67 bits per heavy atom. The molecular formula is C12H13BrN2O2S. The normalized spacial score (nSPS) is 19.3. The van der Waals surface area contributed by atoms with Gasteiger partial charge >= 0.3 is 0 Å². The van der Waals surface area contributed by atoms with Crippen molar-refractivity contribution in [2.24, 2.45) is 5.92 Å². The Hall–Kier alpha value is -0.880. The highest BCUT2D eigenvalue weighted by Crippen LogP contribution is 2.31. The van der Waals surface area contributed by atoms with Crippen LogP contribution in [0.3, 0.4) is 0 Å². The van der Waals surface area contributed by atoms with Crippen molar-refractivity contribution < 1.29 is 9.59 Å². The number of amides is 1. The van der Waals surface area contributed by atoms with Crippen LogP contribution < -0.4 is 4.90 Å². The lowest BCUT2D eigenvalue weighted by atomic mass is 10.1. The van der Waals surface area contributed by atoms with Crippen LogP contribution >= 0.6 is 27.7 Å². The van der Waals surface area contributed by atoms with Gasteiger partial charge in [0.1, 0.15) is 4.60 Å². The smallest absolute Gasteiger partial charge is 0.227 e. The molecule has 1 amide bonds. The Labute approximate surface area is 118 Å². The second-order valence-electron chi connectivity index (χ2n) is 4.19. The average molecular weight is 329 g/mol. The SMILES string of the molecule is CC(=O)SCC1CC(=O)N(c2cccnc2Br)C1. The summed E-state index contributed by atoms with van der Waals surface area (Å²) in [6.45, 7) is 2.21. The largest absolute Gasteiger partial charge is 0.310 e. The molecule has 1 fully saturated rings. The minimum Gasteiger partial charge on any atom is -0.310 e. The van der Waals surface area contributed by atoms with Gasteiger partial charge in [0.15, 0.2) is 5.12 Å². The number of anilines is 1. The quantitative estimate of drug-likeness (QED) is 0.800. The molecule has 96 valence electrons. The summed E-state index contributed by atoms with van der Waals surface area (Å²) in [5, 5.41) is 0.100. The first-order chi connectivity index (χ1) is 8.58. The molecule has 1 atom stereocenters. The predicted octanol–water partition coefficient (Wildman–Crippen LogP) is 2.48. The maximum absolute atomic E-state index is 12.0. The summed E-state index contributed by atoms with van der Waals surface area (Å²) in [7, 11) is 0. The van der Waals surface area contributed by atoms with Gasteiger partial charge in [-0.25, -0.2) is 4.98 Å². The van der Waals surface area contributed by atoms with E-state index in [1.165, 1.54) is 11.8 Å². The van der Waals surface area contributed by atoms with Crippen LogP contribution in [0.15, 0.2) is 22.9 Å². The summed E-state index contributed by atoms with van der Waals surface area (Å²) in [4.78, 5) is 28.8. The van der Waals surface area contributed by atoms with E-state index in [9.17, 15) is 9.59 Å². The minimum atomic E-state index is 0.0952. The van der Waals surface area contributed by atoms with Gasteiger partial charge in [0, 0.05) is 31.8 Å². The summed E-state index contributed by atoms with van der Waals surface area (Å²) >= 11 is 4.64. The number of carbonyl (C=O) groups excluding carboxylic acids is 2. The molecule has 18 heavy (non-hydrogen) atoms. The molecule has 1 saturated heterocycles. The van der Waals surface area contributed by atoms with Crippen molar-refractivity contribution in [3.8, 4) is 0 Å². The number of thioether (sulfide) groups is 1. The fraction of sp³-hybridized carbons (Fsp3) is 0.417. The van der Waals surface area contributed by atoms with Crippen molar-refractivity contribution in [3.05, 3.63) is 22.9 Å². The highest BCUT2D eigenvalue weighted by atomic mass is 79.9. The Morgan fingerprint density at radius 3 is 3.11 bits per heavy atom. The second-order valence-corrected chi connectivity index (χ2v) is 6.14. The van der Waals surface area contributed by atoms with Gasteiger partial charge in [-0.2, -0.15) is 0 Å². The van der Waals surface area contributed by atoms with E-state index in [-0.39, 0.29) is 16.9 Å². The molecule has 0 aliphatic carbocycles. The molecule has 0 radical (unpaired) electrons. The molecule has 1 aliphatic rings. The van der Waals surface area contributed by atoms with Gasteiger partial charge in [-0.15, -0.1) is 0 Å². The number of hydrogen-bond donors (Lipinski definition) is 0. The molecule has 1 aromatic rings. The number of pyridine rings is 1. The first kappa shape index (κ1) is 13.5. The topological polar surface area (TPSA) is 50.3 Å². The van der Waals surface area contributed by atoms with Crippen molar-refractivity contribution >= 4 is 44.4 Å². The summed E-state index contributed by atoms with van der Waals surface area (Å²) < 4.78 is 0.679. The van der Waals surface area contributed by atoms with Crippen LogP contribution in [0.25, 0.3) is 0 Å². The Balaban J connectivity index is 2.06. The van der Waals surface area contributed by atoms with E-state index in [1.807, 2.05) is 12.1 Å². The minimum absolute atomic E-state index is 0.0952. The summed E-state index contributed by atoms with van der Waals surface area (Å²) in [6.07, 6.45) is 2.18. The molecule has 2 rings (SSSR count). The number of rotatable bonds is 3. The third-order valence-electron chi connectivity index (χ3n) is 2.76. The molecule has 0 N–H and O–H groups in total. The molecule has 1 aromatic heterocycles. The van der Waals surface area contributed by atoms with Crippen LogP contribution in [0.5, 0.6) is 0 Å². The zero-order valence-corrected chi connectivity index (χ0v) is 12.3. The van der Waals surface area contributed by atoms with Crippen molar-refractivity contribution in [2.45, 2.75) is 13.3 Å². The van der Waals surface area contributed by atoms with Crippen molar-refractivity contribution in [2.75, 3.05) is 17.2 Å². The van der Waals surface area contributed by atoms with Crippen LogP contribution in [0.4, 0.5) is 5.69 Å². The molecule has 1 unspecified atom stereocenters. The van der Waals surface area contributed by atoms with Crippen molar-refractivity contribution in [1.29, 1.82) is 0 Å². The number of hydrogen-bond acceptors (Lipinski definition) is 4. The van der Waals surface area contributed by atoms with Gasteiger partial charge in [0.05, 0.1) is 5.69 Å². The molecular weight excluding hydrogens is 316 g/mol. The predicted molar refractivity (Wildman–Crippen MR) is 75.5 cm³/mol.